The third kappa shape index (κ3) is 3.51. The van der Waals surface area contributed by atoms with Gasteiger partial charge >= 0.3 is 5.76 Å². The van der Waals surface area contributed by atoms with Gasteiger partial charge in [-0.2, -0.15) is 4.31 Å². The minimum atomic E-state index is -3.96. The number of hydrogen-bond acceptors (Lipinski definition) is 6. The number of aromatic nitrogens is 2. The Morgan fingerprint density at radius 3 is 2.72 bits per heavy atom. The van der Waals surface area contributed by atoms with Crippen LogP contribution in [0.15, 0.2) is 36.8 Å². The molecule has 2 aromatic heterocycles. The molecule has 1 aliphatic rings. The molecule has 0 saturated carbocycles. The third-order valence-electron chi connectivity index (χ3n) is 5.32. The first-order valence-corrected chi connectivity index (χ1v) is 11.4. The SMILES string of the molecule is CCn1c(=O)oc2cc(S(=O)(=O)N3CCCCC[C@@H]3c3cc(C)on3)c(Cl)cc21. The second kappa shape index (κ2) is 7.62. The summed E-state index contributed by atoms with van der Waals surface area (Å²) in [5.41, 5.74) is 1.26. The summed E-state index contributed by atoms with van der Waals surface area (Å²) in [6.07, 6.45) is 3.21. The van der Waals surface area contributed by atoms with E-state index in [0.29, 0.717) is 36.5 Å². The zero-order valence-corrected chi connectivity index (χ0v) is 17.8. The minimum absolute atomic E-state index is 0.0554. The van der Waals surface area contributed by atoms with Crippen LogP contribution in [0.5, 0.6) is 0 Å². The van der Waals surface area contributed by atoms with E-state index in [0.717, 1.165) is 19.3 Å². The first-order chi connectivity index (χ1) is 13.8. The van der Waals surface area contributed by atoms with Gasteiger partial charge in [0.1, 0.15) is 16.3 Å². The summed E-state index contributed by atoms with van der Waals surface area (Å²) >= 11 is 6.39. The lowest BCUT2D eigenvalue weighted by Crippen LogP contribution is -2.35. The molecule has 0 N–H and O–H groups in total. The number of aryl methyl sites for hydroxylation is 2. The molecule has 1 saturated heterocycles. The molecule has 29 heavy (non-hydrogen) atoms. The summed E-state index contributed by atoms with van der Waals surface area (Å²) < 4.78 is 40.5. The molecule has 156 valence electrons. The topological polar surface area (TPSA) is 98.5 Å². The Hall–Kier alpha value is -2.10. The van der Waals surface area contributed by atoms with Gasteiger partial charge in [-0.15, -0.1) is 0 Å². The van der Waals surface area contributed by atoms with E-state index < -0.39 is 21.8 Å². The lowest BCUT2D eigenvalue weighted by atomic mass is 10.1. The quantitative estimate of drug-likeness (QED) is 0.611. The van der Waals surface area contributed by atoms with Crippen LogP contribution >= 0.6 is 11.6 Å². The van der Waals surface area contributed by atoms with Gasteiger partial charge in [0.15, 0.2) is 5.58 Å². The molecule has 3 aromatic rings. The second-order valence-corrected chi connectivity index (χ2v) is 9.47. The molecule has 1 aromatic carbocycles. The number of halogens is 1. The van der Waals surface area contributed by atoms with Gasteiger partial charge < -0.3 is 8.94 Å². The Balaban J connectivity index is 1.83. The van der Waals surface area contributed by atoms with Crippen molar-refractivity contribution in [2.45, 2.75) is 57.0 Å². The lowest BCUT2D eigenvalue weighted by molar-refractivity contribution is 0.304. The number of hydrogen-bond donors (Lipinski definition) is 0. The average molecular weight is 440 g/mol. The predicted molar refractivity (Wildman–Crippen MR) is 107 cm³/mol. The Morgan fingerprint density at radius 1 is 1.24 bits per heavy atom. The van der Waals surface area contributed by atoms with Crippen LogP contribution in [0.2, 0.25) is 5.02 Å². The van der Waals surface area contributed by atoms with Crippen molar-refractivity contribution in [3.63, 3.8) is 0 Å². The van der Waals surface area contributed by atoms with Gasteiger partial charge in [-0.25, -0.2) is 13.2 Å². The van der Waals surface area contributed by atoms with Crippen molar-refractivity contribution >= 4 is 32.7 Å². The molecule has 1 fully saturated rings. The maximum atomic E-state index is 13.6. The predicted octanol–water partition coefficient (Wildman–Crippen LogP) is 3.87. The first kappa shape index (κ1) is 20.2. The van der Waals surface area contributed by atoms with Crippen LogP contribution in [-0.2, 0) is 16.6 Å². The summed E-state index contributed by atoms with van der Waals surface area (Å²) in [6, 6.07) is 4.16. The summed E-state index contributed by atoms with van der Waals surface area (Å²) in [5, 5.41) is 4.12. The van der Waals surface area contributed by atoms with Crippen LogP contribution in [0.25, 0.3) is 11.1 Å². The standard InChI is InChI=1S/C19H22ClN3O5S/c1-3-22-16-10-13(20)18(11-17(16)27-19(22)24)29(25,26)23-8-6-4-5-7-15(23)14-9-12(2)28-21-14/h9-11,15H,3-8H2,1-2H3/t15-/m1/s1. The van der Waals surface area contributed by atoms with Crippen molar-refractivity contribution in [3.05, 3.63) is 45.2 Å². The molecule has 3 heterocycles. The summed E-state index contributed by atoms with van der Waals surface area (Å²) in [7, 11) is -3.96. The maximum Gasteiger partial charge on any atom is 0.419 e. The third-order valence-corrected chi connectivity index (χ3v) is 7.69. The van der Waals surface area contributed by atoms with E-state index in [4.69, 9.17) is 20.5 Å². The number of sulfonamides is 1. The molecule has 4 rings (SSSR count). The monoisotopic (exact) mass is 439 g/mol. The molecule has 10 heteroatoms. The van der Waals surface area contributed by atoms with Crippen molar-refractivity contribution in [1.82, 2.24) is 14.0 Å². The van der Waals surface area contributed by atoms with Crippen molar-refractivity contribution in [1.29, 1.82) is 0 Å². The fraction of sp³-hybridized carbons (Fsp3) is 0.474. The molecule has 0 spiro atoms. The summed E-state index contributed by atoms with van der Waals surface area (Å²) in [5.74, 6) is 0.0857. The second-order valence-electron chi connectivity index (χ2n) is 7.21. The number of rotatable bonds is 4. The lowest BCUT2D eigenvalue weighted by Gasteiger charge is -2.28. The fourth-order valence-electron chi connectivity index (χ4n) is 3.90. The van der Waals surface area contributed by atoms with E-state index >= 15 is 0 Å². The van der Waals surface area contributed by atoms with Crippen LogP contribution < -0.4 is 5.76 Å². The highest BCUT2D eigenvalue weighted by atomic mass is 35.5. The van der Waals surface area contributed by atoms with Crippen molar-refractivity contribution in [2.75, 3.05) is 6.54 Å². The number of benzene rings is 1. The molecule has 0 aliphatic carbocycles. The molecule has 0 bridgehead atoms. The van der Waals surface area contributed by atoms with Crippen LogP contribution in [0.3, 0.4) is 0 Å². The zero-order chi connectivity index (χ0) is 20.8. The normalized spacial score (nSPS) is 18.9. The molecule has 1 atom stereocenters. The van der Waals surface area contributed by atoms with Gasteiger partial charge in [-0.05, 0) is 32.8 Å². The minimum Gasteiger partial charge on any atom is -0.408 e. The highest BCUT2D eigenvalue weighted by Crippen LogP contribution is 2.37. The van der Waals surface area contributed by atoms with Crippen LogP contribution in [0, 0.1) is 6.92 Å². The molecule has 0 amide bonds. The van der Waals surface area contributed by atoms with Crippen LogP contribution in [-0.4, -0.2) is 29.0 Å². The number of fused-ring (bicyclic) bond motifs is 1. The van der Waals surface area contributed by atoms with Gasteiger partial charge in [0, 0.05) is 25.2 Å². The molecule has 8 nitrogen and oxygen atoms in total. The molecular formula is C19H22ClN3O5S. The Bertz CT molecular complexity index is 1210. The van der Waals surface area contributed by atoms with Crippen LogP contribution in [0.1, 0.15) is 50.1 Å². The van der Waals surface area contributed by atoms with Gasteiger partial charge in [0.05, 0.1) is 16.6 Å². The fourth-order valence-corrected chi connectivity index (χ4v) is 6.08. The average Bonchev–Trinajstić information content (AvgIpc) is 3.12. The molecule has 0 unspecified atom stereocenters. The Labute approximate surface area is 173 Å². The van der Waals surface area contributed by atoms with Gasteiger partial charge in [0.2, 0.25) is 10.0 Å². The zero-order valence-electron chi connectivity index (χ0n) is 16.2. The molecular weight excluding hydrogens is 418 g/mol. The Kier molecular flexibility index (Phi) is 5.30. The first-order valence-electron chi connectivity index (χ1n) is 9.61. The number of nitrogens with zero attached hydrogens (tertiary/aromatic N) is 3. The van der Waals surface area contributed by atoms with Crippen molar-refractivity contribution in [3.8, 4) is 0 Å². The maximum absolute atomic E-state index is 13.6. The van der Waals surface area contributed by atoms with Gasteiger partial charge in [0.25, 0.3) is 0 Å². The highest BCUT2D eigenvalue weighted by Gasteiger charge is 2.36. The summed E-state index contributed by atoms with van der Waals surface area (Å²) in [4.78, 5) is 11.9. The van der Waals surface area contributed by atoms with Crippen LogP contribution in [0.4, 0.5) is 0 Å². The smallest absolute Gasteiger partial charge is 0.408 e. The van der Waals surface area contributed by atoms with Crippen molar-refractivity contribution < 1.29 is 17.4 Å². The van der Waals surface area contributed by atoms with E-state index in [2.05, 4.69) is 5.16 Å². The molecule has 0 radical (unpaired) electrons. The van der Waals surface area contributed by atoms with E-state index in [-0.39, 0.29) is 15.5 Å². The largest absolute Gasteiger partial charge is 0.419 e. The van der Waals surface area contributed by atoms with Gasteiger partial charge in [-0.3, -0.25) is 4.57 Å². The van der Waals surface area contributed by atoms with E-state index in [1.54, 1.807) is 19.9 Å². The van der Waals surface area contributed by atoms with Crippen molar-refractivity contribution in [2.24, 2.45) is 0 Å². The molecule has 1 aliphatic heterocycles. The number of oxazole rings is 1. The van der Waals surface area contributed by atoms with E-state index in [1.807, 2.05) is 0 Å². The highest BCUT2D eigenvalue weighted by molar-refractivity contribution is 7.89. The van der Waals surface area contributed by atoms with E-state index in [1.165, 1.54) is 21.0 Å². The van der Waals surface area contributed by atoms with Gasteiger partial charge in [-0.1, -0.05) is 29.6 Å². The van der Waals surface area contributed by atoms with E-state index in [9.17, 15) is 13.2 Å². The summed E-state index contributed by atoms with van der Waals surface area (Å²) in [6.45, 7) is 4.33. The Morgan fingerprint density at radius 2 is 2.03 bits per heavy atom.